The molecule has 0 aromatic heterocycles. The number of urea groups is 1. The zero-order valence-corrected chi connectivity index (χ0v) is 20.3. The van der Waals surface area contributed by atoms with Gasteiger partial charge < -0.3 is 15.4 Å². The average molecular weight is 495 g/mol. The number of nitrogens with one attached hydrogen (secondary N) is 3. The average Bonchev–Trinajstić information content (AvgIpc) is 2.88. The van der Waals surface area contributed by atoms with Gasteiger partial charge in [0.25, 0.3) is 11.8 Å². The Morgan fingerprint density at radius 3 is 2.29 bits per heavy atom. The van der Waals surface area contributed by atoms with Gasteiger partial charge in [0.15, 0.2) is 0 Å². The van der Waals surface area contributed by atoms with Crippen molar-refractivity contribution in [2.45, 2.75) is 19.9 Å². The van der Waals surface area contributed by atoms with Crippen LogP contribution in [0.15, 0.2) is 72.8 Å². The van der Waals surface area contributed by atoms with Gasteiger partial charge in [-0.05, 0) is 54.4 Å². The van der Waals surface area contributed by atoms with Gasteiger partial charge in [-0.1, -0.05) is 48.9 Å². The van der Waals surface area contributed by atoms with E-state index < -0.39 is 11.9 Å². The summed E-state index contributed by atoms with van der Waals surface area (Å²) >= 11 is 6.28. The summed E-state index contributed by atoms with van der Waals surface area (Å²) in [6, 6.07) is 20.1. The molecular weight excluding hydrogens is 468 g/mol. The summed E-state index contributed by atoms with van der Waals surface area (Å²) in [4.78, 5) is 37.5. The Labute approximate surface area is 209 Å². The minimum Gasteiger partial charge on any atom is -0.492 e. The summed E-state index contributed by atoms with van der Waals surface area (Å²) < 4.78 is 5.56. The molecule has 3 N–H and O–H groups in total. The maximum absolute atomic E-state index is 13.2. The van der Waals surface area contributed by atoms with Crippen molar-refractivity contribution in [3.8, 4) is 5.75 Å². The van der Waals surface area contributed by atoms with Crippen LogP contribution >= 0.6 is 11.6 Å². The summed E-state index contributed by atoms with van der Waals surface area (Å²) in [6.07, 6.45) is 0.829. The molecule has 0 unspecified atom stereocenters. The molecule has 0 aliphatic rings. The maximum atomic E-state index is 13.2. The number of anilines is 1. The van der Waals surface area contributed by atoms with Crippen LogP contribution in [0.2, 0.25) is 5.02 Å². The van der Waals surface area contributed by atoms with E-state index >= 15 is 0 Å². The fourth-order valence-electron chi connectivity index (χ4n) is 3.13. The van der Waals surface area contributed by atoms with Gasteiger partial charge in [-0.3, -0.25) is 9.59 Å². The minimum atomic E-state index is -0.543. The van der Waals surface area contributed by atoms with Crippen molar-refractivity contribution >= 4 is 35.1 Å². The number of ether oxygens (including phenoxy) is 1. The highest BCUT2D eigenvalue weighted by atomic mass is 35.5. The monoisotopic (exact) mass is 494 g/mol. The van der Waals surface area contributed by atoms with Crippen LogP contribution in [0.4, 0.5) is 10.5 Å². The van der Waals surface area contributed by atoms with Crippen LogP contribution in [0.5, 0.6) is 5.75 Å². The molecule has 0 fully saturated rings. The number of halogens is 1. The van der Waals surface area contributed by atoms with Gasteiger partial charge in [0.1, 0.15) is 5.75 Å². The molecule has 0 aliphatic heterocycles. The molecule has 3 aromatic rings. The smallest absolute Gasteiger partial charge is 0.333 e. The van der Waals surface area contributed by atoms with Crippen molar-refractivity contribution in [2.75, 3.05) is 19.0 Å². The first-order chi connectivity index (χ1) is 16.9. The number of amides is 4. The summed E-state index contributed by atoms with van der Waals surface area (Å²) in [5.41, 5.74) is 4.73. The third-order valence-electron chi connectivity index (χ3n) is 4.94. The van der Waals surface area contributed by atoms with E-state index in [-0.39, 0.29) is 12.5 Å². The van der Waals surface area contributed by atoms with E-state index in [0.717, 1.165) is 12.0 Å². The summed E-state index contributed by atoms with van der Waals surface area (Å²) in [7, 11) is 1.46. The van der Waals surface area contributed by atoms with Crippen molar-refractivity contribution in [2.24, 2.45) is 0 Å². The van der Waals surface area contributed by atoms with E-state index in [2.05, 4.69) is 16.1 Å². The number of nitrogens with zero attached hydrogens (tertiary/aromatic N) is 1. The molecule has 0 aliphatic carbocycles. The van der Waals surface area contributed by atoms with Gasteiger partial charge in [-0.2, -0.15) is 0 Å². The molecule has 35 heavy (non-hydrogen) atoms. The Kier molecular flexibility index (Phi) is 9.09. The largest absolute Gasteiger partial charge is 0.492 e. The third-order valence-corrected chi connectivity index (χ3v) is 5.23. The fourth-order valence-corrected chi connectivity index (χ4v) is 3.36. The highest BCUT2D eigenvalue weighted by Gasteiger charge is 2.20. The van der Waals surface area contributed by atoms with E-state index in [1.807, 2.05) is 13.0 Å². The lowest BCUT2D eigenvalue weighted by molar-refractivity contribution is 0.0666. The molecule has 8 nitrogen and oxygen atoms in total. The Bertz CT molecular complexity index is 1170. The fraction of sp³-hybridized carbons (Fsp3) is 0.192. The van der Waals surface area contributed by atoms with Gasteiger partial charge in [0, 0.05) is 23.9 Å². The quantitative estimate of drug-likeness (QED) is 0.389. The van der Waals surface area contributed by atoms with E-state index in [1.54, 1.807) is 60.7 Å². The minimum absolute atomic E-state index is 0.0882. The highest BCUT2D eigenvalue weighted by molar-refractivity contribution is 6.32. The Morgan fingerprint density at radius 2 is 1.66 bits per heavy atom. The predicted octanol–water partition coefficient (Wildman–Crippen LogP) is 4.87. The van der Waals surface area contributed by atoms with Crippen molar-refractivity contribution in [1.82, 2.24) is 15.8 Å². The van der Waals surface area contributed by atoms with E-state index in [4.69, 9.17) is 16.3 Å². The van der Waals surface area contributed by atoms with Crippen LogP contribution in [-0.4, -0.2) is 36.5 Å². The number of carbonyl (C=O) groups is 3. The molecule has 0 heterocycles. The van der Waals surface area contributed by atoms with Gasteiger partial charge >= 0.3 is 6.03 Å². The topological polar surface area (TPSA) is 99.8 Å². The lowest BCUT2D eigenvalue weighted by Gasteiger charge is -2.23. The first kappa shape index (κ1) is 25.6. The molecule has 0 atom stereocenters. The standard InChI is InChI=1S/C26H27ClN4O4/c1-3-15-35-23-14-11-20(16-22(23)27)25(33)31(30-26(34)28-2)17-18-9-12-21(13-10-18)29-24(32)19-7-5-4-6-8-19/h4-14,16H,3,15,17H2,1-2H3,(H,29,32)(H2,28,30,34). The molecule has 0 saturated carbocycles. The van der Waals surface area contributed by atoms with Crippen LogP contribution in [0, 0.1) is 0 Å². The van der Waals surface area contributed by atoms with Crippen LogP contribution in [0.3, 0.4) is 0 Å². The van der Waals surface area contributed by atoms with Gasteiger partial charge in [-0.25, -0.2) is 15.2 Å². The molecule has 3 aromatic carbocycles. The lowest BCUT2D eigenvalue weighted by Crippen LogP contribution is -2.48. The second-order valence-corrected chi connectivity index (χ2v) is 8.00. The molecule has 0 saturated heterocycles. The molecule has 4 amide bonds. The Balaban J connectivity index is 1.73. The SMILES string of the molecule is CCCOc1ccc(C(=O)N(Cc2ccc(NC(=O)c3ccccc3)cc2)NC(=O)NC)cc1Cl. The molecule has 9 heteroatoms. The zero-order chi connectivity index (χ0) is 25.2. The van der Waals surface area contributed by atoms with Gasteiger partial charge in [-0.15, -0.1) is 0 Å². The second-order valence-electron chi connectivity index (χ2n) is 7.59. The van der Waals surface area contributed by atoms with Crippen LogP contribution in [0.25, 0.3) is 0 Å². The molecule has 0 bridgehead atoms. The number of carbonyl (C=O) groups excluding carboxylic acids is 3. The summed E-state index contributed by atoms with van der Waals surface area (Å²) in [5.74, 6) is -0.178. The van der Waals surface area contributed by atoms with Crippen LogP contribution < -0.4 is 20.8 Å². The number of hydrogen-bond acceptors (Lipinski definition) is 4. The van der Waals surface area contributed by atoms with Gasteiger partial charge in [0.2, 0.25) is 0 Å². The highest BCUT2D eigenvalue weighted by Crippen LogP contribution is 2.26. The van der Waals surface area contributed by atoms with Gasteiger partial charge in [0.05, 0.1) is 18.2 Å². The van der Waals surface area contributed by atoms with E-state index in [1.165, 1.54) is 18.1 Å². The number of hydrogen-bond donors (Lipinski definition) is 3. The summed E-state index contributed by atoms with van der Waals surface area (Å²) in [5, 5.41) is 6.77. The Hall–Kier alpha value is -4.04. The molecule has 182 valence electrons. The van der Waals surface area contributed by atoms with Crippen molar-refractivity contribution in [3.05, 3.63) is 94.5 Å². The predicted molar refractivity (Wildman–Crippen MR) is 136 cm³/mol. The van der Waals surface area contributed by atoms with Crippen LogP contribution in [0.1, 0.15) is 39.6 Å². The van der Waals surface area contributed by atoms with Crippen molar-refractivity contribution in [1.29, 1.82) is 0 Å². The normalized spacial score (nSPS) is 10.3. The number of rotatable bonds is 8. The first-order valence-electron chi connectivity index (χ1n) is 11.1. The van der Waals surface area contributed by atoms with E-state index in [9.17, 15) is 14.4 Å². The molecule has 0 radical (unpaired) electrons. The van der Waals surface area contributed by atoms with E-state index in [0.29, 0.717) is 34.2 Å². The second kappa shape index (κ2) is 12.4. The van der Waals surface area contributed by atoms with Crippen molar-refractivity contribution in [3.63, 3.8) is 0 Å². The lowest BCUT2D eigenvalue weighted by atomic mass is 10.1. The zero-order valence-electron chi connectivity index (χ0n) is 19.5. The molecule has 0 spiro atoms. The van der Waals surface area contributed by atoms with Crippen LogP contribution in [-0.2, 0) is 6.54 Å². The maximum Gasteiger partial charge on any atom is 0.333 e. The summed E-state index contributed by atoms with van der Waals surface area (Å²) in [6.45, 7) is 2.59. The first-order valence-corrected chi connectivity index (χ1v) is 11.5. The number of hydrazine groups is 1. The Morgan fingerprint density at radius 1 is 0.943 bits per heavy atom. The molecule has 3 rings (SSSR count). The third kappa shape index (κ3) is 7.22. The molecular formula is C26H27ClN4O4. The number of benzene rings is 3. The van der Waals surface area contributed by atoms with Crippen molar-refractivity contribution < 1.29 is 19.1 Å².